The van der Waals surface area contributed by atoms with Crippen LogP contribution in [0.2, 0.25) is 0 Å². The molecule has 0 bridgehead atoms. The largest absolute Gasteiger partial charge is 0.481 e. The van der Waals surface area contributed by atoms with Crippen LogP contribution in [0.15, 0.2) is 11.6 Å². The molecule has 0 aromatic heterocycles. The van der Waals surface area contributed by atoms with Crippen LogP contribution in [0, 0.1) is 18.8 Å². The molecule has 6 nitrogen and oxygen atoms in total. The summed E-state index contributed by atoms with van der Waals surface area (Å²) in [4.78, 5) is 36.3. The Balaban J connectivity index is 2.71. The Bertz CT molecular complexity index is 981. The van der Waals surface area contributed by atoms with E-state index in [2.05, 4.69) is 0 Å². The maximum Gasteiger partial charge on any atom is 0.471 e. The highest BCUT2D eigenvalue weighted by Crippen LogP contribution is 2.40. The smallest absolute Gasteiger partial charge is 0.471 e. The van der Waals surface area contributed by atoms with E-state index in [0.29, 0.717) is 22.4 Å². The molecule has 0 radical (unpaired) electrons. The van der Waals surface area contributed by atoms with Crippen molar-refractivity contribution in [2.75, 3.05) is 11.9 Å². The van der Waals surface area contributed by atoms with Gasteiger partial charge in [-0.2, -0.15) is 13.2 Å². The average molecular weight is 455 g/mol. The first-order valence-corrected chi connectivity index (χ1v) is 10.3. The molecule has 1 heterocycles. The number of carboxylic acids is 1. The molecular weight excluding hydrogens is 427 g/mol. The van der Waals surface area contributed by atoms with Crippen molar-refractivity contribution in [2.45, 2.75) is 60.2 Å². The topological polar surface area (TPSA) is 83.9 Å². The number of cyclic esters (lactones) is 1. The summed E-state index contributed by atoms with van der Waals surface area (Å²) in [5.74, 6) is -4.76. The van der Waals surface area contributed by atoms with Gasteiger partial charge >= 0.3 is 24.0 Å². The number of carbonyl (C=O) groups excluding carboxylic acids is 2. The maximum atomic E-state index is 13.2. The van der Waals surface area contributed by atoms with Gasteiger partial charge < -0.3 is 14.7 Å². The van der Waals surface area contributed by atoms with Crippen LogP contribution in [-0.4, -0.2) is 36.2 Å². The molecule has 1 aromatic carbocycles. The summed E-state index contributed by atoms with van der Waals surface area (Å²) >= 11 is 0. The highest BCUT2D eigenvalue weighted by atomic mass is 19.4. The van der Waals surface area contributed by atoms with Gasteiger partial charge in [-0.25, -0.2) is 4.79 Å². The molecule has 176 valence electrons. The fraction of sp³-hybridized carbons (Fsp3) is 0.522. The van der Waals surface area contributed by atoms with Gasteiger partial charge in [-0.3, -0.25) is 9.59 Å². The van der Waals surface area contributed by atoms with E-state index in [1.807, 2.05) is 6.92 Å². The van der Waals surface area contributed by atoms with Crippen molar-refractivity contribution in [1.29, 1.82) is 0 Å². The molecule has 1 aromatic rings. The molecule has 0 saturated heterocycles. The quantitative estimate of drug-likeness (QED) is 0.480. The number of hydrogen-bond acceptors (Lipinski definition) is 4. The third kappa shape index (κ3) is 4.66. The van der Waals surface area contributed by atoms with E-state index in [0.717, 1.165) is 23.7 Å². The van der Waals surface area contributed by atoms with E-state index in [1.54, 1.807) is 33.8 Å². The second-order valence-corrected chi connectivity index (χ2v) is 8.14. The molecule has 2 unspecified atom stereocenters. The number of ether oxygens (including phenoxy) is 1. The molecule has 1 aliphatic heterocycles. The summed E-state index contributed by atoms with van der Waals surface area (Å²) in [6, 6.07) is 0. The lowest BCUT2D eigenvalue weighted by Gasteiger charge is -2.27. The zero-order chi connectivity index (χ0) is 24.5. The van der Waals surface area contributed by atoms with Crippen LogP contribution in [0.25, 0.3) is 0 Å². The number of aliphatic carboxylic acids is 1. The van der Waals surface area contributed by atoms with Crippen LogP contribution in [-0.2, 0) is 33.8 Å². The monoisotopic (exact) mass is 455 g/mol. The number of nitrogens with zero attached hydrogens (tertiary/aromatic N) is 1. The first-order valence-electron chi connectivity index (χ1n) is 10.3. The molecule has 0 fully saturated rings. The highest BCUT2D eigenvalue weighted by molar-refractivity contribution is 6.07. The molecule has 32 heavy (non-hydrogen) atoms. The zero-order valence-electron chi connectivity index (χ0n) is 19.0. The van der Waals surface area contributed by atoms with Crippen molar-refractivity contribution in [3.63, 3.8) is 0 Å². The Morgan fingerprint density at radius 3 is 2.31 bits per heavy atom. The van der Waals surface area contributed by atoms with Crippen molar-refractivity contribution in [3.8, 4) is 0 Å². The van der Waals surface area contributed by atoms with Gasteiger partial charge in [0.25, 0.3) is 0 Å². The molecule has 1 N–H and O–H groups in total. The van der Waals surface area contributed by atoms with Crippen molar-refractivity contribution in [2.24, 2.45) is 11.8 Å². The predicted octanol–water partition coefficient (Wildman–Crippen LogP) is 4.60. The van der Waals surface area contributed by atoms with Crippen LogP contribution < -0.4 is 4.90 Å². The standard InChI is InChI=1S/C23H28F3NO5/c1-7-15-14(5)17-10-32-21(30)18(17)19(27(6)22(31)23(24,25)26)16(15)9-8-11(2)12(3)13(4)20(28)29/h8,12-13H,7,9-10H2,1-6H3,(H,28,29). The third-order valence-corrected chi connectivity index (χ3v) is 6.37. The number of fused-ring (bicyclic) bond motifs is 1. The number of halogens is 3. The van der Waals surface area contributed by atoms with Gasteiger partial charge in [-0.15, -0.1) is 0 Å². The fourth-order valence-electron chi connectivity index (χ4n) is 4.06. The fourth-order valence-corrected chi connectivity index (χ4v) is 4.06. The van der Waals surface area contributed by atoms with Crippen LogP contribution >= 0.6 is 0 Å². The summed E-state index contributed by atoms with van der Waals surface area (Å²) in [7, 11) is 1.00. The van der Waals surface area contributed by atoms with Gasteiger partial charge in [0.15, 0.2) is 0 Å². The van der Waals surface area contributed by atoms with E-state index in [9.17, 15) is 32.7 Å². The predicted molar refractivity (Wildman–Crippen MR) is 113 cm³/mol. The molecule has 2 rings (SSSR count). The minimum absolute atomic E-state index is 0.0206. The minimum Gasteiger partial charge on any atom is -0.481 e. The number of carbonyl (C=O) groups is 3. The maximum absolute atomic E-state index is 13.2. The molecule has 1 amide bonds. The van der Waals surface area contributed by atoms with E-state index in [-0.39, 0.29) is 30.2 Å². The van der Waals surface area contributed by atoms with E-state index < -0.39 is 29.9 Å². The normalized spacial score (nSPS) is 15.8. The summed E-state index contributed by atoms with van der Waals surface area (Å²) in [5, 5.41) is 9.26. The molecule has 0 spiro atoms. The third-order valence-electron chi connectivity index (χ3n) is 6.37. The summed E-state index contributed by atoms with van der Waals surface area (Å²) in [6.07, 6.45) is -2.76. The van der Waals surface area contributed by atoms with E-state index in [1.165, 1.54) is 0 Å². The number of esters is 1. The zero-order valence-corrected chi connectivity index (χ0v) is 19.0. The number of amides is 1. The Morgan fingerprint density at radius 1 is 1.22 bits per heavy atom. The van der Waals surface area contributed by atoms with E-state index >= 15 is 0 Å². The number of anilines is 1. The Kier molecular flexibility index (Phi) is 7.42. The lowest BCUT2D eigenvalue weighted by atomic mass is 9.85. The Labute approximate surface area is 185 Å². The number of hydrogen-bond donors (Lipinski definition) is 1. The van der Waals surface area contributed by atoms with Crippen LogP contribution in [0.3, 0.4) is 0 Å². The van der Waals surface area contributed by atoms with Gasteiger partial charge in [0.05, 0.1) is 17.2 Å². The Morgan fingerprint density at radius 2 is 1.81 bits per heavy atom. The summed E-state index contributed by atoms with van der Waals surface area (Å²) < 4.78 is 44.8. The molecule has 0 saturated carbocycles. The summed E-state index contributed by atoms with van der Waals surface area (Å²) in [6.45, 7) is 8.67. The van der Waals surface area contributed by atoms with Gasteiger partial charge in [-0.05, 0) is 49.3 Å². The molecule has 0 aliphatic carbocycles. The van der Waals surface area contributed by atoms with Crippen molar-refractivity contribution >= 4 is 23.5 Å². The molecular formula is C23H28F3NO5. The first-order chi connectivity index (χ1) is 14.7. The average Bonchev–Trinajstić information content (AvgIpc) is 3.10. The SMILES string of the molecule is CCc1c(C)c2c(c(N(C)C(=O)C(F)(F)F)c1CC=C(C)C(C)C(C)C(=O)O)C(=O)OC2. The Hall–Kier alpha value is -2.84. The van der Waals surface area contributed by atoms with Gasteiger partial charge in [0.1, 0.15) is 6.61 Å². The van der Waals surface area contributed by atoms with E-state index in [4.69, 9.17) is 4.74 Å². The minimum atomic E-state index is -5.12. The number of allylic oxidation sites excluding steroid dienone is 2. The lowest BCUT2D eigenvalue weighted by molar-refractivity contribution is -0.170. The molecule has 2 atom stereocenters. The first kappa shape index (κ1) is 25.4. The number of benzene rings is 1. The second-order valence-electron chi connectivity index (χ2n) is 8.14. The van der Waals surface area contributed by atoms with Crippen LogP contribution in [0.5, 0.6) is 0 Å². The number of rotatable bonds is 7. The summed E-state index contributed by atoms with van der Waals surface area (Å²) in [5.41, 5.74) is 3.03. The van der Waals surface area contributed by atoms with Gasteiger partial charge in [0.2, 0.25) is 0 Å². The number of carboxylic acid groups (broad SMARTS) is 1. The molecule has 9 heteroatoms. The van der Waals surface area contributed by atoms with Crippen molar-refractivity contribution in [3.05, 3.63) is 39.5 Å². The van der Waals surface area contributed by atoms with Gasteiger partial charge in [-0.1, -0.05) is 32.4 Å². The molecule has 1 aliphatic rings. The van der Waals surface area contributed by atoms with Gasteiger partial charge in [0, 0.05) is 12.6 Å². The van der Waals surface area contributed by atoms with Crippen molar-refractivity contribution in [1.82, 2.24) is 0 Å². The lowest BCUT2D eigenvalue weighted by Crippen LogP contribution is -2.40. The van der Waals surface area contributed by atoms with Crippen molar-refractivity contribution < 1.29 is 37.4 Å². The van der Waals surface area contributed by atoms with Crippen LogP contribution in [0.1, 0.15) is 60.3 Å². The van der Waals surface area contributed by atoms with Crippen LogP contribution in [0.4, 0.5) is 18.9 Å². The number of alkyl halides is 3. The highest BCUT2D eigenvalue weighted by Gasteiger charge is 2.44. The second kappa shape index (κ2) is 9.34.